The van der Waals surface area contributed by atoms with Crippen LogP contribution in [0, 0.1) is 5.92 Å². The molecular weight excluding hydrogens is 286 g/mol. The molecule has 1 fully saturated rings. The zero-order chi connectivity index (χ0) is 14.2. The number of aromatic nitrogens is 1. The van der Waals surface area contributed by atoms with E-state index in [9.17, 15) is 8.42 Å². The second kappa shape index (κ2) is 5.44. The van der Waals surface area contributed by atoms with E-state index in [1.54, 1.807) is 10.4 Å². The Morgan fingerprint density at radius 3 is 2.63 bits per heavy atom. The molecule has 0 spiro atoms. The van der Waals surface area contributed by atoms with Crippen LogP contribution in [0.2, 0.25) is 0 Å². The van der Waals surface area contributed by atoms with E-state index in [1.165, 1.54) is 6.20 Å². The van der Waals surface area contributed by atoms with Crippen LogP contribution in [0.5, 0.6) is 0 Å². The second-order valence-electron chi connectivity index (χ2n) is 5.32. The highest BCUT2D eigenvalue weighted by Gasteiger charge is 2.38. The SMILES string of the molecule is CC1CN(S(=O)(=O)c2c[nH]c(CCl)c2)CC1N(C)C. The summed E-state index contributed by atoms with van der Waals surface area (Å²) in [5, 5.41) is 0. The number of aromatic amines is 1. The Kier molecular flexibility index (Phi) is 4.25. The maximum absolute atomic E-state index is 12.5. The van der Waals surface area contributed by atoms with Crippen molar-refractivity contribution >= 4 is 21.6 Å². The Bertz CT molecular complexity index is 541. The zero-order valence-electron chi connectivity index (χ0n) is 11.4. The molecule has 0 aliphatic carbocycles. The lowest BCUT2D eigenvalue weighted by Crippen LogP contribution is -2.35. The molecule has 19 heavy (non-hydrogen) atoms. The van der Waals surface area contributed by atoms with Crippen LogP contribution in [-0.2, 0) is 15.9 Å². The largest absolute Gasteiger partial charge is 0.363 e. The smallest absolute Gasteiger partial charge is 0.244 e. The number of likely N-dealkylation sites (N-methyl/N-ethyl adjacent to an activating group) is 1. The van der Waals surface area contributed by atoms with Crippen molar-refractivity contribution in [1.82, 2.24) is 14.2 Å². The third kappa shape index (κ3) is 2.81. The summed E-state index contributed by atoms with van der Waals surface area (Å²) in [6, 6.07) is 1.87. The summed E-state index contributed by atoms with van der Waals surface area (Å²) in [5.74, 6) is 0.614. The van der Waals surface area contributed by atoms with E-state index < -0.39 is 10.0 Å². The van der Waals surface area contributed by atoms with Crippen LogP contribution in [0.25, 0.3) is 0 Å². The molecule has 0 aromatic carbocycles. The molecule has 0 amide bonds. The monoisotopic (exact) mass is 305 g/mol. The number of hydrogen-bond acceptors (Lipinski definition) is 3. The summed E-state index contributed by atoms with van der Waals surface area (Å²) in [5.41, 5.74) is 0.719. The first kappa shape index (κ1) is 14.8. The molecule has 1 N–H and O–H groups in total. The highest BCUT2D eigenvalue weighted by molar-refractivity contribution is 7.89. The van der Waals surface area contributed by atoms with Crippen molar-refractivity contribution in [3.8, 4) is 0 Å². The van der Waals surface area contributed by atoms with Gasteiger partial charge in [0.25, 0.3) is 0 Å². The standard InChI is InChI=1S/C12H20ClN3O2S/c1-9-7-16(8-12(9)15(2)3)19(17,18)11-4-10(5-13)14-6-11/h4,6,9,12,14H,5,7-8H2,1-3H3. The van der Waals surface area contributed by atoms with Crippen LogP contribution in [0.3, 0.4) is 0 Å². The van der Waals surface area contributed by atoms with Crippen molar-refractivity contribution in [1.29, 1.82) is 0 Å². The zero-order valence-corrected chi connectivity index (χ0v) is 13.0. The van der Waals surface area contributed by atoms with E-state index in [-0.39, 0.29) is 11.9 Å². The van der Waals surface area contributed by atoms with Crippen molar-refractivity contribution in [2.75, 3.05) is 27.2 Å². The molecule has 2 heterocycles. The third-order valence-electron chi connectivity index (χ3n) is 3.70. The van der Waals surface area contributed by atoms with Crippen molar-refractivity contribution < 1.29 is 8.42 Å². The number of nitrogens with zero attached hydrogens (tertiary/aromatic N) is 2. The molecule has 1 aromatic rings. The molecule has 1 aliphatic rings. The summed E-state index contributed by atoms with van der Waals surface area (Å²) >= 11 is 5.69. The minimum atomic E-state index is -3.41. The van der Waals surface area contributed by atoms with E-state index in [0.717, 1.165) is 5.69 Å². The molecule has 2 unspecified atom stereocenters. The van der Waals surface area contributed by atoms with Crippen molar-refractivity contribution in [2.45, 2.75) is 23.7 Å². The average Bonchev–Trinajstić information content (AvgIpc) is 2.95. The van der Waals surface area contributed by atoms with Gasteiger partial charge in [0.15, 0.2) is 0 Å². The van der Waals surface area contributed by atoms with Crippen LogP contribution in [0.1, 0.15) is 12.6 Å². The van der Waals surface area contributed by atoms with Gasteiger partial charge < -0.3 is 9.88 Å². The number of nitrogens with one attached hydrogen (secondary N) is 1. The Hall–Kier alpha value is -0.560. The molecule has 1 aliphatic heterocycles. The second-order valence-corrected chi connectivity index (χ2v) is 7.53. The van der Waals surface area contributed by atoms with Gasteiger partial charge in [0.1, 0.15) is 0 Å². The predicted molar refractivity (Wildman–Crippen MR) is 75.7 cm³/mol. The summed E-state index contributed by atoms with van der Waals surface area (Å²) in [4.78, 5) is 5.27. The van der Waals surface area contributed by atoms with Crippen LogP contribution in [0.15, 0.2) is 17.2 Å². The predicted octanol–water partition coefficient (Wildman–Crippen LogP) is 1.32. The van der Waals surface area contributed by atoms with Crippen LogP contribution in [0.4, 0.5) is 0 Å². The van der Waals surface area contributed by atoms with Gasteiger partial charge in [-0.1, -0.05) is 6.92 Å². The highest BCUT2D eigenvalue weighted by atomic mass is 35.5. The number of halogens is 1. The van der Waals surface area contributed by atoms with Gasteiger partial charge in [0.2, 0.25) is 10.0 Å². The fourth-order valence-electron chi connectivity index (χ4n) is 2.57. The molecule has 2 rings (SSSR count). The quantitative estimate of drug-likeness (QED) is 0.854. The Morgan fingerprint density at radius 2 is 2.16 bits per heavy atom. The normalized spacial score (nSPS) is 25.3. The Balaban J connectivity index is 2.22. The summed E-state index contributed by atoms with van der Waals surface area (Å²) in [7, 11) is 0.560. The van der Waals surface area contributed by atoms with Gasteiger partial charge in [-0.3, -0.25) is 0 Å². The van der Waals surface area contributed by atoms with Crippen LogP contribution in [-0.4, -0.2) is 55.8 Å². The van der Waals surface area contributed by atoms with E-state index in [4.69, 9.17) is 11.6 Å². The minimum Gasteiger partial charge on any atom is -0.363 e. The molecule has 7 heteroatoms. The van der Waals surface area contributed by atoms with Gasteiger partial charge in [0, 0.05) is 31.0 Å². The summed E-state index contributed by atoms with van der Waals surface area (Å²) < 4.78 is 26.6. The van der Waals surface area contributed by atoms with Crippen molar-refractivity contribution in [3.05, 3.63) is 18.0 Å². The first-order valence-corrected chi connectivity index (χ1v) is 8.23. The molecule has 0 saturated carbocycles. The number of rotatable bonds is 4. The van der Waals surface area contributed by atoms with Crippen molar-refractivity contribution in [2.24, 2.45) is 5.92 Å². The van der Waals surface area contributed by atoms with Gasteiger partial charge in [-0.25, -0.2) is 8.42 Å². The van der Waals surface area contributed by atoms with E-state index in [1.807, 2.05) is 14.1 Å². The van der Waals surface area contributed by atoms with Crippen molar-refractivity contribution in [3.63, 3.8) is 0 Å². The Morgan fingerprint density at radius 1 is 1.47 bits per heavy atom. The van der Waals surface area contributed by atoms with E-state index in [0.29, 0.717) is 23.9 Å². The van der Waals surface area contributed by atoms with Gasteiger partial charge in [-0.15, -0.1) is 11.6 Å². The molecule has 0 bridgehead atoms. The number of sulfonamides is 1. The number of hydrogen-bond donors (Lipinski definition) is 1. The fourth-order valence-corrected chi connectivity index (χ4v) is 4.30. The molecule has 2 atom stereocenters. The first-order chi connectivity index (χ1) is 8.86. The minimum absolute atomic E-state index is 0.265. The number of H-pyrrole nitrogens is 1. The summed E-state index contributed by atoms with van der Waals surface area (Å²) in [6.07, 6.45) is 1.51. The number of alkyl halides is 1. The average molecular weight is 306 g/mol. The molecule has 108 valence electrons. The topological polar surface area (TPSA) is 56.4 Å². The molecular formula is C12H20ClN3O2S. The third-order valence-corrected chi connectivity index (χ3v) is 5.80. The van der Waals surface area contributed by atoms with Gasteiger partial charge >= 0.3 is 0 Å². The Labute approximate surface area is 119 Å². The van der Waals surface area contributed by atoms with Crippen LogP contribution < -0.4 is 0 Å². The van der Waals surface area contributed by atoms with Gasteiger partial charge in [0.05, 0.1) is 10.8 Å². The maximum atomic E-state index is 12.5. The van der Waals surface area contributed by atoms with Gasteiger partial charge in [-0.2, -0.15) is 4.31 Å². The molecule has 0 radical (unpaired) electrons. The van der Waals surface area contributed by atoms with E-state index >= 15 is 0 Å². The molecule has 5 nitrogen and oxygen atoms in total. The lowest BCUT2D eigenvalue weighted by molar-refractivity contribution is 0.263. The lowest BCUT2D eigenvalue weighted by atomic mass is 10.1. The highest BCUT2D eigenvalue weighted by Crippen LogP contribution is 2.26. The summed E-state index contributed by atoms with van der Waals surface area (Å²) in [6.45, 7) is 3.19. The van der Waals surface area contributed by atoms with E-state index in [2.05, 4.69) is 16.8 Å². The first-order valence-electron chi connectivity index (χ1n) is 6.26. The maximum Gasteiger partial charge on any atom is 0.244 e. The fraction of sp³-hybridized carbons (Fsp3) is 0.667. The van der Waals surface area contributed by atoms with Gasteiger partial charge in [-0.05, 0) is 26.1 Å². The molecule has 1 saturated heterocycles. The molecule has 1 aromatic heterocycles. The van der Waals surface area contributed by atoms with Crippen LogP contribution >= 0.6 is 11.6 Å². The lowest BCUT2D eigenvalue weighted by Gasteiger charge is -2.22.